The van der Waals surface area contributed by atoms with Crippen LogP contribution in [0.25, 0.3) is 0 Å². The molecule has 3 unspecified atom stereocenters. The van der Waals surface area contributed by atoms with E-state index in [0.717, 1.165) is 19.3 Å². The van der Waals surface area contributed by atoms with Crippen molar-refractivity contribution in [3.8, 4) is 0 Å². The second kappa shape index (κ2) is 7.46. The number of alkyl halides is 3. The molecule has 3 atom stereocenters. The van der Waals surface area contributed by atoms with Crippen LogP contribution in [0, 0.1) is 0 Å². The summed E-state index contributed by atoms with van der Waals surface area (Å²) in [6.07, 6.45) is 0.372. The van der Waals surface area contributed by atoms with E-state index in [-0.39, 0.29) is 48.2 Å². The topological polar surface area (TPSA) is 63.5 Å². The maximum atomic E-state index is 12.9. The van der Waals surface area contributed by atoms with E-state index < -0.39 is 11.9 Å². The Morgan fingerprint density at radius 2 is 2.21 bits per heavy atom. The summed E-state index contributed by atoms with van der Waals surface area (Å²) in [6.45, 7) is 0.00400. The third-order valence-corrected chi connectivity index (χ3v) is 4.27. The lowest BCUT2D eigenvalue weighted by Gasteiger charge is -2.22. The lowest BCUT2D eigenvalue weighted by Crippen LogP contribution is -2.47. The van der Waals surface area contributed by atoms with E-state index in [4.69, 9.17) is 4.74 Å². The number of aryl methyl sites for hydroxylation is 1. The molecule has 0 spiro atoms. The summed E-state index contributed by atoms with van der Waals surface area (Å²) in [5, 5.41) is 9.66. The second-order valence-corrected chi connectivity index (χ2v) is 5.96. The van der Waals surface area contributed by atoms with E-state index in [0.29, 0.717) is 12.1 Å². The number of rotatable bonds is 3. The van der Waals surface area contributed by atoms with Crippen LogP contribution in [0.15, 0.2) is 11.2 Å². The van der Waals surface area contributed by atoms with Gasteiger partial charge in [-0.1, -0.05) is 0 Å². The van der Waals surface area contributed by atoms with Gasteiger partial charge < -0.3 is 15.4 Å². The van der Waals surface area contributed by atoms with Crippen molar-refractivity contribution in [1.29, 1.82) is 0 Å². The van der Waals surface area contributed by atoms with Gasteiger partial charge in [0.25, 0.3) is 0 Å². The molecule has 2 aliphatic rings. The van der Waals surface area contributed by atoms with E-state index in [1.165, 1.54) is 17.9 Å². The van der Waals surface area contributed by atoms with Crippen molar-refractivity contribution in [2.75, 3.05) is 7.05 Å². The first-order valence-electron chi connectivity index (χ1n) is 7.59. The Morgan fingerprint density at radius 3 is 2.75 bits per heavy atom. The van der Waals surface area contributed by atoms with Crippen molar-refractivity contribution in [3.63, 3.8) is 0 Å². The van der Waals surface area contributed by atoms with Crippen molar-refractivity contribution < 1.29 is 17.9 Å². The largest absolute Gasteiger partial charge is 0.435 e. The molecule has 1 aromatic rings. The number of nitrogens with one attached hydrogen (secondary N) is 2. The van der Waals surface area contributed by atoms with Crippen LogP contribution in [-0.4, -0.2) is 41.0 Å². The fourth-order valence-corrected chi connectivity index (χ4v) is 3.24. The third-order valence-electron chi connectivity index (χ3n) is 4.27. The van der Waals surface area contributed by atoms with E-state index in [2.05, 4.69) is 20.7 Å². The van der Waals surface area contributed by atoms with Crippen LogP contribution in [0.2, 0.25) is 0 Å². The van der Waals surface area contributed by atoms with Gasteiger partial charge in [0.15, 0.2) is 11.7 Å². The number of nitrogens with zero attached hydrogens (tertiary/aromatic N) is 3. The number of aromatic nitrogens is 2. The fourth-order valence-electron chi connectivity index (χ4n) is 3.24. The quantitative estimate of drug-likeness (QED) is 0.413. The average molecular weight is 459 g/mol. The van der Waals surface area contributed by atoms with Crippen molar-refractivity contribution in [1.82, 2.24) is 20.4 Å². The lowest BCUT2D eigenvalue weighted by atomic mass is 9.96. The average Bonchev–Trinajstić information content (AvgIpc) is 3.17. The molecule has 2 aliphatic heterocycles. The van der Waals surface area contributed by atoms with Crippen LogP contribution in [-0.2, 0) is 24.5 Å². The molecule has 0 radical (unpaired) electrons. The molecule has 2 N–H and O–H groups in total. The highest BCUT2D eigenvalue weighted by Gasteiger charge is 2.41. The molecule has 3 rings (SSSR count). The van der Waals surface area contributed by atoms with E-state index in [1.54, 1.807) is 7.05 Å². The molecule has 0 amide bonds. The normalized spacial score (nSPS) is 26.4. The van der Waals surface area contributed by atoms with Gasteiger partial charge in [0.1, 0.15) is 0 Å². The van der Waals surface area contributed by atoms with Gasteiger partial charge in [-0.25, -0.2) is 0 Å². The zero-order valence-corrected chi connectivity index (χ0v) is 15.8. The number of fused-ring (bicyclic) bond motifs is 2. The fraction of sp³-hybridized carbons (Fsp3) is 0.714. The zero-order valence-electron chi connectivity index (χ0n) is 13.4. The molecule has 2 saturated heterocycles. The Morgan fingerprint density at radius 1 is 1.46 bits per heavy atom. The first kappa shape index (κ1) is 19.3. The Bertz CT molecular complexity index is 604. The number of hydrogen-bond donors (Lipinski definition) is 2. The van der Waals surface area contributed by atoms with Gasteiger partial charge in [0.2, 0.25) is 0 Å². The molecule has 2 fully saturated rings. The van der Waals surface area contributed by atoms with Gasteiger partial charge in [-0.2, -0.15) is 18.3 Å². The molecule has 3 heterocycles. The van der Waals surface area contributed by atoms with Gasteiger partial charge in [-0.05, 0) is 19.3 Å². The van der Waals surface area contributed by atoms with Gasteiger partial charge in [0.05, 0.1) is 18.2 Å². The maximum absolute atomic E-state index is 12.9. The summed E-state index contributed by atoms with van der Waals surface area (Å²) >= 11 is 0. The molecule has 0 aliphatic carbocycles. The number of ether oxygens (including phenoxy) is 1. The van der Waals surface area contributed by atoms with Gasteiger partial charge in [0, 0.05) is 32.4 Å². The van der Waals surface area contributed by atoms with Gasteiger partial charge in [-0.3, -0.25) is 9.67 Å². The van der Waals surface area contributed by atoms with Crippen LogP contribution in [0.5, 0.6) is 0 Å². The molecule has 2 bridgehead atoms. The second-order valence-electron chi connectivity index (χ2n) is 5.96. The molecule has 10 heteroatoms. The van der Waals surface area contributed by atoms with Crippen molar-refractivity contribution >= 4 is 29.9 Å². The smallest absolute Gasteiger partial charge is 0.373 e. The molecule has 0 saturated carbocycles. The summed E-state index contributed by atoms with van der Waals surface area (Å²) in [5.41, 5.74) is -0.779. The molecule has 136 valence electrons. The summed E-state index contributed by atoms with van der Waals surface area (Å²) in [6, 6.07) is 0.163. The van der Waals surface area contributed by atoms with Gasteiger partial charge in [-0.15, -0.1) is 24.0 Å². The third kappa shape index (κ3) is 4.13. The highest BCUT2D eigenvalue weighted by atomic mass is 127. The molecular weight excluding hydrogens is 438 g/mol. The molecule has 24 heavy (non-hydrogen) atoms. The van der Waals surface area contributed by atoms with E-state index in [1.807, 2.05) is 0 Å². The van der Waals surface area contributed by atoms with Crippen LogP contribution >= 0.6 is 24.0 Å². The summed E-state index contributed by atoms with van der Waals surface area (Å²) in [7, 11) is 3.07. The predicted octanol–water partition coefficient (Wildman–Crippen LogP) is 2.04. The van der Waals surface area contributed by atoms with Crippen molar-refractivity contribution in [3.05, 3.63) is 17.5 Å². The number of guanidine groups is 1. The van der Waals surface area contributed by atoms with Crippen LogP contribution in [0.1, 0.15) is 30.5 Å². The molecular formula is C14H21F3IN5O. The van der Waals surface area contributed by atoms with Crippen LogP contribution < -0.4 is 10.6 Å². The Balaban J connectivity index is 0.00000208. The summed E-state index contributed by atoms with van der Waals surface area (Å²) in [4.78, 5) is 4.08. The number of aliphatic imine (C=N–C) groups is 1. The standard InChI is InChI=1S/C14H20F3N5O.HI/c1-18-13(20-10-5-9-3-4-11(10)23-9)19-6-8-7-22(2)21-12(8)14(15,16)17;/h7,9-11H,3-6H2,1-2H3,(H2,18,19,20);1H. The van der Waals surface area contributed by atoms with Gasteiger partial charge >= 0.3 is 6.18 Å². The van der Waals surface area contributed by atoms with E-state index in [9.17, 15) is 13.2 Å². The van der Waals surface area contributed by atoms with Crippen molar-refractivity contribution in [2.45, 2.75) is 50.2 Å². The highest BCUT2D eigenvalue weighted by molar-refractivity contribution is 14.0. The van der Waals surface area contributed by atoms with Crippen LogP contribution in [0.3, 0.4) is 0 Å². The number of halogens is 4. The van der Waals surface area contributed by atoms with Crippen LogP contribution in [0.4, 0.5) is 13.2 Å². The predicted molar refractivity (Wildman–Crippen MR) is 93.3 cm³/mol. The minimum Gasteiger partial charge on any atom is -0.373 e. The first-order chi connectivity index (χ1) is 10.9. The highest BCUT2D eigenvalue weighted by Crippen LogP contribution is 2.34. The minimum absolute atomic E-state index is 0. The Kier molecular flexibility index (Phi) is 6.00. The Hall–Kier alpha value is -1.04. The maximum Gasteiger partial charge on any atom is 0.435 e. The Labute approximate surface area is 155 Å². The monoisotopic (exact) mass is 459 g/mol. The molecule has 1 aromatic heterocycles. The molecule has 6 nitrogen and oxygen atoms in total. The molecule has 0 aromatic carbocycles. The van der Waals surface area contributed by atoms with E-state index >= 15 is 0 Å². The summed E-state index contributed by atoms with van der Waals surface area (Å²) < 4.78 is 45.7. The number of hydrogen-bond acceptors (Lipinski definition) is 3. The lowest BCUT2D eigenvalue weighted by molar-refractivity contribution is -0.142. The zero-order chi connectivity index (χ0) is 16.6. The van der Waals surface area contributed by atoms with Crippen molar-refractivity contribution in [2.24, 2.45) is 12.0 Å². The summed E-state index contributed by atoms with van der Waals surface area (Å²) in [5.74, 6) is 0.475. The minimum atomic E-state index is -4.46. The SMILES string of the molecule is CN=C(NCc1cn(C)nc1C(F)(F)F)NC1CC2CCC1O2.I. The first-order valence-corrected chi connectivity index (χ1v) is 7.59.